The van der Waals surface area contributed by atoms with Crippen LogP contribution in [0.5, 0.6) is 5.75 Å². The highest BCUT2D eigenvalue weighted by Crippen LogP contribution is 2.39. The highest BCUT2D eigenvalue weighted by Gasteiger charge is 2.26. The van der Waals surface area contributed by atoms with Crippen molar-refractivity contribution >= 4 is 28.2 Å². The molecule has 0 amide bonds. The van der Waals surface area contributed by atoms with Gasteiger partial charge in [-0.2, -0.15) is 0 Å². The molecule has 5 nitrogen and oxygen atoms in total. The minimum atomic E-state index is 0.0235. The van der Waals surface area contributed by atoms with Crippen molar-refractivity contribution in [2.24, 2.45) is 5.92 Å². The molecule has 1 aliphatic carbocycles. The zero-order chi connectivity index (χ0) is 21.6. The van der Waals surface area contributed by atoms with Crippen molar-refractivity contribution in [3.05, 3.63) is 59.4 Å². The Morgan fingerprint density at radius 1 is 1.27 bits per heavy atom. The van der Waals surface area contributed by atoms with Crippen LogP contribution in [0, 0.1) is 19.8 Å². The van der Waals surface area contributed by atoms with Gasteiger partial charge < -0.3 is 14.2 Å². The maximum absolute atomic E-state index is 11.9. The first kappa shape index (κ1) is 20.2. The number of pyridine rings is 1. The maximum atomic E-state index is 11.9. The first-order chi connectivity index (χ1) is 14.3. The third kappa shape index (κ3) is 3.60. The molecular weight excluding hydrogens is 374 g/mol. The van der Waals surface area contributed by atoms with Gasteiger partial charge >= 0.3 is 0 Å². The average Bonchev–Trinajstić information content (AvgIpc) is 3.47. The Balaban J connectivity index is 1.80. The van der Waals surface area contributed by atoms with E-state index in [0.29, 0.717) is 17.2 Å². The third-order valence-corrected chi connectivity index (χ3v) is 5.95. The first-order valence-corrected chi connectivity index (χ1v) is 10.4. The fraction of sp³-hybridized carbons (Fsp3) is 0.360. The summed E-state index contributed by atoms with van der Waals surface area (Å²) in [5.74, 6) is 1.41. The Bertz CT molecular complexity index is 1150. The molecule has 2 heterocycles. The van der Waals surface area contributed by atoms with Crippen LogP contribution < -0.4 is 9.64 Å². The van der Waals surface area contributed by atoms with E-state index in [1.54, 1.807) is 20.1 Å². The summed E-state index contributed by atoms with van der Waals surface area (Å²) in [5, 5.41) is 1.13. The molecule has 1 aliphatic rings. The Labute approximate surface area is 178 Å². The Morgan fingerprint density at radius 2 is 2.00 bits per heavy atom. The number of ketones is 1. The zero-order valence-electron chi connectivity index (χ0n) is 18.5. The summed E-state index contributed by atoms with van der Waals surface area (Å²) < 4.78 is 7.96. The summed E-state index contributed by atoms with van der Waals surface area (Å²) in [6, 6.07) is 10.1. The van der Waals surface area contributed by atoms with E-state index in [-0.39, 0.29) is 5.78 Å². The van der Waals surface area contributed by atoms with Crippen molar-refractivity contribution in [1.82, 2.24) is 9.55 Å². The summed E-state index contributed by atoms with van der Waals surface area (Å²) >= 11 is 0. The van der Waals surface area contributed by atoms with E-state index in [9.17, 15) is 4.79 Å². The van der Waals surface area contributed by atoms with Crippen LogP contribution in [0.2, 0.25) is 0 Å². The highest BCUT2D eigenvalue weighted by atomic mass is 16.5. The summed E-state index contributed by atoms with van der Waals surface area (Å²) in [4.78, 5) is 18.8. The quantitative estimate of drug-likeness (QED) is 0.497. The van der Waals surface area contributed by atoms with Gasteiger partial charge in [-0.05, 0) is 75.4 Å². The minimum absolute atomic E-state index is 0.0235. The van der Waals surface area contributed by atoms with Gasteiger partial charge in [0.25, 0.3) is 0 Å². The van der Waals surface area contributed by atoms with E-state index in [1.807, 2.05) is 33.0 Å². The summed E-state index contributed by atoms with van der Waals surface area (Å²) in [6.45, 7) is 11.0. The van der Waals surface area contributed by atoms with Crippen molar-refractivity contribution in [3.63, 3.8) is 0 Å². The second-order valence-electron chi connectivity index (χ2n) is 8.35. The summed E-state index contributed by atoms with van der Waals surface area (Å²) in [6.07, 6.45) is 2.54. The smallest absolute Gasteiger partial charge is 0.159 e. The number of ether oxygens (including phenoxy) is 1. The van der Waals surface area contributed by atoms with Gasteiger partial charge in [-0.15, -0.1) is 0 Å². The maximum Gasteiger partial charge on any atom is 0.159 e. The second-order valence-corrected chi connectivity index (χ2v) is 8.35. The number of methoxy groups -OCH3 is 1. The van der Waals surface area contributed by atoms with Gasteiger partial charge in [-0.1, -0.05) is 6.58 Å². The van der Waals surface area contributed by atoms with Crippen LogP contribution in [0.25, 0.3) is 16.7 Å². The number of rotatable bonds is 7. The molecule has 0 spiro atoms. The molecule has 0 atom stereocenters. The minimum Gasteiger partial charge on any atom is -0.495 e. The largest absolute Gasteiger partial charge is 0.495 e. The van der Waals surface area contributed by atoms with Crippen molar-refractivity contribution in [2.45, 2.75) is 40.2 Å². The van der Waals surface area contributed by atoms with Crippen LogP contribution in [0.4, 0.5) is 5.69 Å². The van der Waals surface area contributed by atoms with Gasteiger partial charge in [0.2, 0.25) is 0 Å². The number of fused-ring (bicyclic) bond motifs is 1. The molecule has 4 rings (SSSR count). The van der Waals surface area contributed by atoms with Gasteiger partial charge in [-0.25, -0.2) is 4.98 Å². The van der Waals surface area contributed by atoms with E-state index in [0.717, 1.165) is 45.9 Å². The van der Waals surface area contributed by atoms with E-state index >= 15 is 0 Å². The number of aromatic nitrogens is 2. The fourth-order valence-corrected chi connectivity index (χ4v) is 4.05. The first-order valence-electron chi connectivity index (χ1n) is 10.4. The predicted molar refractivity (Wildman–Crippen MR) is 122 cm³/mol. The SMILES string of the molecule is C=C(c1cc2ccc(C)nc2n1CC1CC1)N(C)c1c(C)cc(C(C)=O)cc1OC. The topological polar surface area (TPSA) is 47.4 Å². The van der Waals surface area contributed by atoms with Crippen molar-refractivity contribution < 1.29 is 9.53 Å². The number of hydrogen-bond acceptors (Lipinski definition) is 4. The molecule has 0 N–H and O–H groups in total. The lowest BCUT2D eigenvalue weighted by atomic mass is 10.0. The number of hydrogen-bond donors (Lipinski definition) is 0. The second kappa shape index (κ2) is 7.63. The molecule has 0 aliphatic heterocycles. The van der Waals surface area contributed by atoms with Gasteiger partial charge in [0.15, 0.2) is 5.78 Å². The van der Waals surface area contributed by atoms with Crippen LogP contribution in [-0.2, 0) is 6.54 Å². The van der Waals surface area contributed by atoms with Crippen LogP contribution in [-0.4, -0.2) is 29.5 Å². The Morgan fingerprint density at radius 3 is 2.63 bits per heavy atom. The third-order valence-electron chi connectivity index (χ3n) is 5.95. The molecule has 0 bridgehead atoms. The number of benzene rings is 1. The number of Topliss-reactive ketones (excluding diaryl/α,β-unsaturated/α-hetero) is 1. The number of nitrogens with zero attached hydrogens (tertiary/aromatic N) is 3. The van der Waals surface area contributed by atoms with E-state index < -0.39 is 0 Å². The number of anilines is 1. The Hall–Kier alpha value is -3.08. The number of aryl methyl sites for hydroxylation is 2. The number of carbonyl (C=O) groups excluding carboxylic acids is 1. The molecule has 0 unspecified atom stereocenters. The molecule has 1 aromatic carbocycles. The van der Waals surface area contributed by atoms with Gasteiger partial charge in [0.1, 0.15) is 11.4 Å². The van der Waals surface area contributed by atoms with Gasteiger partial charge in [0.05, 0.1) is 24.2 Å². The van der Waals surface area contributed by atoms with E-state index in [2.05, 4.69) is 28.2 Å². The lowest BCUT2D eigenvalue weighted by molar-refractivity contribution is 0.101. The van der Waals surface area contributed by atoms with Gasteiger partial charge in [-0.3, -0.25) is 4.79 Å². The molecule has 30 heavy (non-hydrogen) atoms. The normalized spacial score (nSPS) is 13.5. The van der Waals surface area contributed by atoms with E-state index in [1.165, 1.54) is 12.8 Å². The average molecular weight is 404 g/mol. The molecule has 156 valence electrons. The van der Waals surface area contributed by atoms with Crippen LogP contribution in [0.15, 0.2) is 36.9 Å². The monoisotopic (exact) mass is 403 g/mol. The van der Waals surface area contributed by atoms with Crippen LogP contribution in [0.3, 0.4) is 0 Å². The highest BCUT2D eigenvalue weighted by molar-refractivity contribution is 5.96. The predicted octanol–water partition coefficient (Wildman–Crippen LogP) is 5.38. The Kier molecular flexibility index (Phi) is 5.14. The van der Waals surface area contributed by atoms with Crippen LogP contribution >= 0.6 is 0 Å². The number of carbonyl (C=O) groups is 1. The van der Waals surface area contributed by atoms with Crippen molar-refractivity contribution in [3.8, 4) is 5.75 Å². The standard InChI is InChI=1S/C25H29N3O2/c1-15-11-21(18(4)29)13-23(30-6)24(15)27(5)17(3)22-12-20-10-7-16(2)26-25(20)28(22)14-19-8-9-19/h7,10-13,19H,3,8-9,14H2,1-2,4-6H3. The van der Waals surface area contributed by atoms with Crippen molar-refractivity contribution in [2.75, 3.05) is 19.1 Å². The summed E-state index contributed by atoms with van der Waals surface area (Å²) in [7, 11) is 3.63. The molecule has 0 saturated heterocycles. The molecule has 1 fully saturated rings. The summed E-state index contributed by atoms with van der Waals surface area (Å²) in [5.41, 5.74) is 6.51. The molecule has 2 aromatic heterocycles. The van der Waals surface area contributed by atoms with Crippen molar-refractivity contribution in [1.29, 1.82) is 0 Å². The lowest BCUT2D eigenvalue weighted by Gasteiger charge is -2.27. The lowest BCUT2D eigenvalue weighted by Crippen LogP contribution is -2.19. The fourth-order valence-electron chi connectivity index (χ4n) is 4.05. The molecule has 5 heteroatoms. The van der Waals surface area contributed by atoms with Crippen LogP contribution in [0.1, 0.15) is 47.1 Å². The molecule has 0 radical (unpaired) electrons. The molecular formula is C25H29N3O2. The molecule has 1 saturated carbocycles. The van der Waals surface area contributed by atoms with E-state index in [4.69, 9.17) is 9.72 Å². The zero-order valence-corrected chi connectivity index (χ0v) is 18.5. The molecule has 3 aromatic rings. The van der Waals surface area contributed by atoms with Gasteiger partial charge in [0, 0.05) is 30.2 Å².